The number of aryl methyl sites for hydroxylation is 1. The standard InChI is InChI=1S/C16H26ClN/c1-13(2)12-18-11-10-14(3)4-5-15-6-8-16(17)9-7-15/h6-9,13-14,18H,4-5,10-12H2,1-3H3. The van der Waals surface area contributed by atoms with E-state index in [1.54, 1.807) is 0 Å². The molecule has 0 saturated carbocycles. The molecular weight excluding hydrogens is 242 g/mol. The van der Waals surface area contributed by atoms with Crippen LogP contribution in [0.25, 0.3) is 0 Å². The van der Waals surface area contributed by atoms with Crippen LogP contribution in [0.3, 0.4) is 0 Å². The molecule has 1 N–H and O–H groups in total. The van der Waals surface area contributed by atoms with Crippen LogP contribution >= 0.6 is 11.6 Å². The SMILES string of the molecule is CC(C)CNCCC(C)CCc1ccc(Cl)cc1. The number of benzene rings is 1. The van der Waals surface area contributed by atoms with Crippen molar-refractivity contribution in [3.63, 3.8) is 0 Å². The first-order chi connectivity index (χ1) is 8.58. The van der Waals surface area contributed by atoms with Crippen LogP contribution in [0.2, 0.25) is 5.02 Å². The minimum absolute atomic E-state index is 0.745. The Morgan fingerprint density at radius 3 is 2.33 bits per heavy atom. The Labute approximate surface area is 117 Å². The third-order valence-corrected chi connectivity index (χ3v) is 3.46. The topological polar surface area (TPSA) is 12.0 Å². The Bertz CT molecular complexity index is 318. The highest BCUT2D eigenvalue weighted by Crippen LogP contribution is 2.15. The van der Waals surface area contributed by atoms with Crippen molar-refractivity contribution in [3.05, 3.63) is 34.9 Å². The second kappa shape index (κ2) is 8.55. The van der Waals surface area contributed by atoms with Gasteiger partial charge in [-0.1, -0.05) is 44.5 Å². The van der Waals surface area contributed by atoms with Crippen molar-refractivity contribution >= 4 is 11.6 Å². The van der Waals surface area contributed by atoms with E-state index >= 15 is 0 Å². The molecule has 1 unspecified atom stereocenters. The van der Waals surface area contributed by atoms with Gasteiger partial charge >= 0.3 is 0 Å². The van der Waals surface area contributed by atoms with Gasteiger partial charge in [0, 0.05) is 5.02 Å². The molecule has 0 amide bonds. The molecular formula is C16H26ClN. The Morgan fingerprint density at radius 1 is 1.06 bits per heavy atom. The highest BCUT2D eigenvalue weighted by Gasteiger charge is 2.03. The lowest BCUT2D eigenvalue weighted by atomic mass is 9.98. The van der Waals surface area contributed by atoms with Crippen LogP contribution < -0.4 is 5.32 Å². The van der Waals surface area contributed by atoms with E-state index in [2.05, 4.69) is 38.2 Å². The van der Waals surface area contributed by atoms with Gasteiger partial charge in [0.2, 0.25) is 0 Å². The summed E-state index contributed by atoms with van der Waals surface area (Å²) in [5, 5.41) is 4.33. The maximum Gasteiger partial charge on any atom is 0.0406 e. The molecule has 0 aliphatic heterocycles. The average Bonchev–Trinajstić information content (AvgIpc) is 2.34. The predicted octanol–water partition coefficient (Wildman–Crippen LogP) is 4.54. The van der Waals surface area contributed by atoms with Crippen molar-refractivity contribution in [1.82, 2.24) is 5.32 Å². The molecule has 18 heavy (non-hydrogen) atoms. The molecule has 1 aromatic rings. The summed E-state index contributed by atoms with van der Waals surface area (Å²) in [5.74, 6) is 1.52. The molecule has 0 spiro atoms. The van der Waals surface area contributed by atoms with E-state index in [1.807, 2.05) is 12.1 Å². The maximum atomic E-state index is 5.88. The van der Waals surface area contributed by atoms with Crippen LogP contribution in [0.5, 0.6) is 0 Å². The summed E-state index contributed by atoms with van der Waals surface area (Å²) >= 11 is 5.88. The van der Waals surface area contributed by atoms with Crippen molar-refractivity contribution in [2.75, 3.05) is 13.1 Å². The second-order valence-corrected chi connectivity index (χ2v) is 6.09. The van der Waals surface area contributed by atoms with E-state index in [0.29, 0.717) is 0 Å². The van der Waals surface area contributed by atoms with Gasteiger partial charge in [-0.05, 0) is 61.9 Å². The first-order valence-electron chi connectivity index (χ1n) is 7.03. The van der Waals surface area contributed by atoms with Gasteiger partial charge in [0.25, 0.3) is 0 Å². The molecule has 0 saturated heterocycles. The quantitative estimate of drug-likeness (QED) is 0.682. The van der Waals surface area contributed by atoms with Crippen LogP contribution in [0.1, 0.15) is 39.2 Å². The van der Waals surface area contributed by atoms with E-state index in [9.17, 15) is 0 Å². The van der Waals surface area contributed by atoms with E-state index in [4.69, 9.17) is 11.6 Å². The highest BCUT2D eigenvalue weighted by atomic mass is 35.5. The van der Waals surface area contributed by atoms with E-state index < -0.39 is 0 Å². The zero-order valence-corrected chi connectivity index (χ0v) is 12.6. The smallest absolute Gasteiger partial charge is 0.0406 e. The zero-order chi connectivity index (χ0) is 13.4. The maximum absolute atomic E-state index is 5.88. The van der Waals surface area contributed by atoms with Crippen molar-refractivity contribution < 1.29 is 0 Å². The molecule has 2 heteroatoms. The molecule has 1 aromatic carbocycles. The van der Waals surface area contributed by atoms with Crippen LogP contribution in [0.4, 0.5) is 0 Å². The van der Waals surface area contributed by atoms with Gasteiger partial charge in [0.15, 0.2) is 0 Å². The van der Waals surface area contributed by atoms with Gasteiger partial charge in [0.05, 0.1) is 0 Å². The molecule has 0 aromatic heterocycles. The fraction of sp³-hybridized carbons (Fsp3) is 0.625. The zero-order valence-electron chi connectivity index (χ0n) is 11.9. The Balaban J connectivity index is 2.13. The predicted molar refractivity (Wildman–Crippen MR) is 81.3 cm³/mol. The van der Waals surface area contributed by atoms with Crippen molar-refractivity contribution in [2.24, 2.45) is 11.8 Å². The molecule has 1 nitrogen and oxygen atoms in total. The van der Waals surface area contributed by atoms with Crippen LogP contribution in [0.15, 0.2) is 24.3 Å². The summed E-state index contributed by atoms with van der Waals surface area (Å²) in [7, 11) is 0. The fourth-order valence-corrected chi connectivity index (χ4v) is 2.07. The number of hydrogen-bond donors (Lipinski definition) is 1. The van der Waals surface area contributed by atoms with Crippen molar-refractivity contribution in [1.29, 1.82) is 0 Å². The van der Waals surface area contributed by atoms with E-state index in [-0.39, 0.29) is 0 Å². The third kappa shape index (κ3) is 7.03. The van der Waals surface area contributed by atoms with Crippen LogP contribution in [0, 0.1) is 11.8 Å². The Hall–Kier alpha value is -0.530. The van der Waals surface area contributed by atoms with Gasteiger partial charge in [0.1, 0.15) is 0 Å². The molecule has 1 rings (SSSR count). The Morgan fingerprint density at radius 2 is 1.72 bits per heavy atom. The van der Waals surface area contributed by atoms with Crippen molar-refractivity contribution in [2.45, 2.75) is 40.0 Å². The van der Waals surface area contributed by atoms with E-state index in [0.717, 1.165) is 36.4 Å². The third-order valence-electron chi connectivity index (χ3n) is 3.21. The summed E-state index contributed by atoms with van der Waals surface area (Å²) < 4.78 is 0. The summed E-state index contributed by atoms with van der Waals surface area (Å²) in [4.78, 5) is 0. The van der Waals surface area contributed by atoms with Gasteiger partial charge in [-0.2, -0.15) is 0 Å². The molecule has 0 aliphatic rings. The first kappa shape index (κ1) is 15.5. The molecule has 0 radical (unpaired) electrons. The van der Waals surface area contributed by atoms with Gasteiger partial charge in [-0.25, -0.2) is 0 Å². The highest BCUT2D eigenvalue weighted by molar-refractivity contribution is 6.30. The first-order valence-corrected chi connectivity index (χ1v) is 7.41. The van der Waals surface area contributed by atoms with Crippen molar-refractivity contribution in [3.8, 4) is 0 Å². The normalized spacial score (nSPS) is 12.9. The summed E-state index contributed by atoms with van der Waals surface area (Å²) in [6.07, 6.45) is 3.67. The van der Waals surface area contributed by atoms with Gasteiger partial charge < -0.3 is 5.32 Å². The number of nitrogens with one attached hydrogen (secondary N) is 1. The number of hydrogen-bond acceptors (Lipinski definition) is 1. The average molecular weight is 268 g/mol. The minimum atomic E-state index is 0.745. The minimum Gasteiger partial charge on any atom is -0.316 e. The fourth-order valence-electron chi connectivity index (χ4n) is 1.95. The van der Waals surface area contributed by atoms with Gasteiger partial charge in [-0.3, -0.25) is 0 Å². The Kier molecular flexibility index (Phi) is 7.38. The lowest BCUT2D eigenvalue weighted by Crippen LogP contribution is -2.22. The number of rotatable bonds is 8. The lowest BCUT2D eigenvalue weighted by molar-refractivity contribution is 0.454. The van der Waals surface area contributed by atoms with Crippen LogP contribution in [-0.4, -0.2) is 13.1 Å². The summed E-state index contributed by atoms with van der Waals surface area (Å²) in [5.41, 5.74) is 1.39. The molecule has 0 fully saturated rings. The monoisotopic (exact) mass is 267 g/mol. The molecule has 0 aliphatic carbocycles. The van der Waals surface area contributed by atoms with Crippen LogP contribution in [-0.2, 0) is 6.42 Å². The molecule has 0 heterocycles. The molecule has 0 bridgehead atoms. The van der Waals surface area contributed by atoms with Gasteiger partial charge in [-0.15, -0.1) is 0 Å². The van der Waals surface area contributed by atoms with E-state index in [1.165, 1.54) is 18.4 Å². The lowest BCUT2D eigenvalue weighted by Gasteiger charge is -2.13. The summed E-state index contributed by atoms with van der Waals surface area (Å²) in [6, 6.07) is 8.22. The second-order valence-electron chi connectivity index (χ2n) is 5.66. The number of halogens is 1. The molecule has 1 atom stereocenters. The summed E-state index contributed by atoms with van der Waals surface area (Å²) in [6.45, 7) is 9.10. The largest absolute Gasteiger partial charge is 0.316 e. The molecule has 102 valence electrons.